The minimum absolute atomic E-state index is 0.257. The number of benzene rings is 2. The number of sulfonamides is 1. The Kier molecular flexibility index (Phi) is 3.31. The Balaban J connectivity index is 2.11. The lowest BCUT2D eigenvalue weighted by atomic mass is 10.2. The number of hydrogen-bond donors (Lipinski definition) is 0. The molecule has 0 aromatic heterocycles. The predicted molar refractivity (Wildman–Crippen MR) is 77.9 cm³/mol. The molecule has 0 saturated carbocycles. The number of halogens is 1. The van der Waals surface area contributed by atoms with E-state index in [0.717, 1.165) is 0 Å². The molecule has 1 aliphatic heterocycles. The Morgan fingerprint density at radius 3 is 2.60 bits per heavy atom. The largest absolute Gasteiger partial charge is 0.489 e. The molecule has 0 aliphatic carbocycles. The molecule has 2 aromatic carbocycles. The third-order valence-corrected chi connectivity index (χ3v) is 5.14. The Labute approximate surface area is 122 Å². The van der Waals surface area contributed by atoms with E-state index in [1.54, 1.807) is 48.5 Å². The van der Waals surface area contributed by atoms with Crippen molar-refractivity contribution in [3.05, 3.63) is 53.6 Å². The van der Waals surface area contributed by atoms with Crippen molar-refractivity contribution >= 4 is 27.3 Å². The lowest BCUT2D eigenvalue weighted by Gasteiger charge is -2.30. The molecule has 1 aliphatic rings. The van der Waals surface area contributed by atoms with Gasteiger partial charge in [-0.3, -0.25) is 4.31 Å². The molecule has 0 saturated heterocycles. The van der Waals surface area contributed by atoms with Crippen molar-refractivity contribution in [2.24, 2.45) is 0 Å². The molecule has 1 heterocycles. The van der Waals surface area contributed by atoms with Crippen LogP contribution >= 0.6 is 11.6 Å². The molecule has 104 valence electrons. The second-order valence-electron chi connectivity index (χ2n) is 4.35. The van der Waals surface area contributed by atoms with E-state index < -0.39 is 10.0 Å². The molecule has 6 heteroatoms. The van der Waals surface area contributed by atoms with E-state index in [1.165, 1.54) is 4.31 Å². The van der Waals surface area contributed by atoms with Gasteiger partial charge < -0.3 is 4.74 Å². The summed E-state index contributed by atoms with van der Waals surface area (Å²) in [6.07, 6.45) is 0. The molecular weight excluding hydrogens is 298 g/mol. The predicted octanol–water partition coefficient (Wildman–Crippen LogP) is 2.93. The van der Waals surface area contributed by atoms with Gasteiger partial charge in [0.05, 0.1) is 17.1 Å². The van der Waals surface area contributed by atoms with Gasteiger partial charge in [-0.15, -0.1) is 0 Å². The quantitative estimate of drug-likeness (QED) is 0.857. The fourth-order valence-electron chi connectivity index (χ4n) is 2.14. The van der Waals surface area contributed by atoms with Crippen LogP contribution in [-0.2, 0) is 10.0 Å². The van der Waals surface area contributed by atoms with Gasteiger partial charge in [0.15, 0.2) is 0 Å². The fourth-order valence-corrected chi connectivity index (χ4v) is 3.77. The van der Waals surface area contributed by atoms with E-state index in [4.69, 9.17) is 16.3 Å². The average molecular weight is 310 g/mol. The average Bonchev–Trinajstić information content (AvgIpc) is 2.47. The molecule has 4 nitrogen and oxygen atoms in total. The SMILES string of the molecule is O=S(=O)(c1ccccc1)N1CCOc2ccc(Cl)cc21. The van der Waals surface area contributed by atoms with Gasteiger partial charge in [-0.2, -0.15) is 0 Å². The maximum absolute atomic E-state index is 12.7. The Morgan fingerprint density at radius 1 is 1.10 bits per heavy atom. The molecule has 20 heavy (non-hydrogen) atoms. The van der Waals surface area contributed by atoms with Crippen molar-refractivity contribution in [2.75, 3.05) is 17.5 Å². The summed E-state index contributed by atoms with van der Waals surface area (Å²) in [4.78, 5) is 0.257. The first-order valence-electron chi connectivity index (χ1n) is 6.09. The van der Waals surface area contributed by atoms with Crippen molar-refractivity contribution in [3.8, 4) is 5.75 Å². The summed E-state index contributed by atoms with van der Waals surface area (Å²) >= 11 is 5.96. The number of ether oxygens (including phenoxy) is 1. The van der Waals surface area contributed by atoms with Crippen LogP contribution in [0.3, 0.4) is 0 Å². The number of fused-ring (bicyclic) bond motifs is 1. The van der Waals surface area contributed by atoms with Crippen molar-refractivity contribution in [2.45, 2.75) is 4.90 Å². The van der Waals surface area contributed by atoms with Crippen molar-refractivity contribution < 1.29 is 13.2 Å². The highest BCUT2D eigenvalue weighted by Crippen LogP contribution is 2.37. The fraction of sp³-hybridized carbons (Fsp3) is 0.143. The maximum Gasteiger partial charge on any atom is 0.264 e. The lowest BCUT2D eigenvalue weighted by molar-refractivity contribution is 0.316. The van der Waals surface area contributed by atoms with Crippen LogP contribution in [0.25, 0.3) is 0 Å². The first-order chi connectivity index (χ1) is 9.59. The summed E-state index contributed by atoms with van der Waals surface area (Å²) in [5.41, 5.74) is 0.479. The van der Waals surface area contributed by atoms with E-state index in [0.29, 0.717) is 23.1 Å². The molecular formula is C14H12ClNO3S. The van der Waals surface area contributed by atoms with Crippen molar-refractivity contribution in [3.63, 3.8) is 0 Å². The summed E-state index contributed by atoms with van der Waals surface area (Å²) in [5, 5.41) is 0.475. The highest BCUT2D eigenvalue weighted by Gasteiger charge is 2.30. The van der Waals surface area contributed by atoms with Crippen LogP contribution in [0.5, 0.6) is 5.75 Å². The van der Waals surface area contributed by atoms with E-state index in [2.05, 4.69) is 0 Å². The van der Waals surface area contributed by atoms with Gasteiger partial charge in [0.1, 0.15) is 12.4 Å². The molecule has 0 bridgehead atoms. The Hall–Kier alpha value is -1.72. The van der Waals surface area contributed by atoms with Gasteiger partial charge >= 0.3 is 0 Å². The zero-order chi connectivity index (χ0) is 14.2. The smallest absolute Gasteiger partial charge is 0.264 e. The minimum atomic E-state index is -3.60. The molecule has 0 atom stereocenters. The van der Waals surface area contributed by atoms with Crippen LogP contribution in [0.1, 0.15) is 0 Å². The highest BCUT2D eigenvalue weighted by molar-refractivity contribution is 7.92. The van der Waals surface area contributed by atoms with Crippen molar-refractivity contribution in [1.82, 2.24) is 0 Å². The summed E-state index contributed by atoms with van der Waals surface area (Å²) in [6, 6.07) is 13.3. The van der Waals surface area contributed by atoms with Crippen molar-refractivity contribution in [1.29, 1.82) is 0 Å². The minimum Gasteiger partial charge on any atom is -0.489 e. The highest BCUT2D eigenvalue weighted by atomic mass is 35.5. The number of rotatable bonds is 2. The Bertz CT molecular complexity index is 731. The summed E-state index contributed by atoms with van der Waals surface area (Å²) in [6.45, 7) is 0.589. The Morgan fingerprint density at radius 2 is 1.85 bits per heavy atom. The topological polar surface area (TPSA) is 46.6 Å². The first-order valence-corrected chi connectivity index (χ1v) is 7.91. The van der Waals surface area contributed by atoms with Crippen LogP contribution in [-0.4, -0.2) is 21.6 Å². The molecule has 2 aromatic rings. The third-order valence-electron chi connectivity index (χ3n) is 3.07. The molecule has 3 rings (SSSR count). The summed E-state index contributed by atoms with van der Waals surface area (Å²) < 4.78 is 32.2. The lowest BCUT2D eigenvalue weighted by Crippen LogP contribution is -2.37. The van der Waals surface area contributed by atoms with Crippen LogP contribution < -0.4 is 9.04 Å². The molecule has 0 amide bonds. The van der Waals surface area contributed by atoms with E-state index in [1.807, 2.05) is 0 Å². The van der Waals surface area contributed by atoms with Gasteiger partial charge in [0.2, 0.25) is 0 Å². The van der Waals surface area contributed by atoms with E-state index >= 15 is 0 Å². The summed E-state index contributed by atoms with van der Waals surface area (Å²) in [5.74, 6) is 0.528. The molecule has 0 fully saturated rings. The van der Waals surface area contributed by atoms with Gasteiger partial charge in [-0.05, 0) is 30.3 Å². The van der Waals surface area contributed by atoms with Crippen LogP contribution in [0, 0.1) is 0 Å². The summed E-state index contributed by atoms with van der Waals surface area (Å²) in [7, 11) is -3.60. The van der Waals surface area contributed by atoms with E-state index in [9.17, 15) is 8.42 Å². The molecule has 0 unspecified atom stereocenters. The number of hydrogen-bond acceptors (Lipinski definition) is 3. The van der Waals surface area contributed by atoms with Gasteiger partial charge in [0.25, 0.3) is 10.0 Å². The molecule has 0 spiro atoms. The van der Waals surface area contributed by atoms with Gasteiger partial charge in [-0.25, -0.2) is 8.42 Å². The molecule has 0 radical (unpaired) electrons. The van der Waals surface area contributed by atoms with E-state index in [-0.39, 0.29) is 11.4 Å². The maximum atomic E-state index is 12.7. The second-order valence-corrected chi connectivity index (χ2v) is 6.65. The number of anilines is 1. The van der Waals surface area contributed by atoms with Crippen LogP contribution in [0.4, 0.5) is 5.69 Å². The molecule has 0 N–H and O–H groups in total. The zero-order valence-electron chi connectivity index (χ0n) is 10.5. The zero-order valence-corrected chi connectivity index (χ0v) is 12.1. The van der Waals surface area contributed by atoms with Crippen LogP contribution in [0.15, 0.2) is 53.4 Å². The van der Waals surface area contributed by atoms with Gasteiger partial charge in [0, 0.05) is 5.02 Å². The first kappa shape index (κ1) is 13.3. The third kappa shape index (κ3) is 2.23. The normalized spacial score (nSPS) is 14.6. The second kappa shape index (κ2) is 5.00. The standard InChI is InChI=1S/C14H12ClNO3S/c15-11-6-7-14-13(10-11)16(8-9-19-14)20(17,18)12-4-2-1-3-5-12/h1-7,10H,8-9H2. The number of nitrogens with zero attached hydrogens (tertiary/aromatic N) is 1. The van der Waals surface area contributed by atoms with Gasteiger partial charge in [-0.1, -0.05) is 29.8 Å². The monoisotopic (exact) mass is 309 g/mol. The van der Waals surface area contributed by atoms with Crippen LogP contribution in [0.2, 0.25) is 5.02 Å².